The summed E-state index contributed by atoms with van der Waals surface area (Å²) < 4.78 is 28.9. The van der Waals surface area contributed by atoms with Gasteiger partial charge < -0.3 is 20.5 Å². The third kappa shape index (κ3) is 4.50. The number of aliphatic hydroxyl groups is 1. The van der Waals surface area contributed by atoms with Crippen LogP contribution >= 0.6 is 0 Å². The molecule has 4 atom stereocenters. The first-order valence-electron chi connectivity index (χ1n) is 8.83. The molecule has 3 unspecified atom stereocenters. The number of rotatable bonds is 8. The lowest BCUT2D eigenvalue weighted by molar-refractivity contribution is -0.0498. The highest BCUT2D eigenvalue weighted by molar-refractivity contribution is 5.73. The molecule has 0 aromatic heterocycles. The van der Waals surface area contributed by atoms with E-state index in [1.54, 1.807) is 6.07 Å². The maximum atomic E-state index is 12.3. The molecular formula is C18H26F2N2O2. The van der Waals surface area contributed by atoms with Gasteiger partial charge in [-0.05, 0) is 36.8 Å². The van der Waals surface area contributed by atoms with E-state index in [4.69, 9.17) is 0 Å². The number of aliphatic hydroxyl groups excluding tert-OH is 1. The lowest BCUT2D eigenvalue weighted by Gasteiger charge is -2.33. The molecule has 1 heterocycles. The number of fused-ring (bicyclic) bond motifs is 1. The number of unbranched alkanes of at least 4 members (excludes halogenated alkanes) is 2. The molecular weight excluding hydrogens is 314 g/mol. The molecule has 3 rings (SSSR count). The SMILES string of the molecule is CC1C[C@H]1CCCCCC1Nc2ccc(OC(F)F)cc2NC1O. The molecule has 2 aliphatic rings. The van der Waals surface area contributed by atoms with Crippen LogP contribution < -0.4 is 15.4 Å². The molecule has 6 heteroatoms. The highest BCUT2D eigenvalue weighted by Crippen LogP contribution is 2.41. The second kappa shape index (κ2) is 7.55. The smallest absolute Gasteiger partial charge is 0.387 e. The average molecular weight is 340 g/mol. The van der Waals surface area contributed by atoms with Gasteiger partial charge in [0.15, 0.2) is 0 Å². The van der Waals surface area contributed by atoms with Gasteiger partial charge in [-0.3, -0.25) is 0 Å². The summed E-state index contributed by atoms with van der Waals surface area (Å²) in [5.74, 6) is 1.95. The van der Waals surface area contributed by atoms with Crippen molar-refractivity contribution in [1.82, 2.24) is 0 Å². The number of anilines is 2. The van der Waals surface area contributed by atoms with Gasteiger partial charge in [0.05, 0.1) is 17.4 Å². The number of hydrogen-bond donors (Lipinski definition) is 3. The van der Waals surface area contributed by atoms with Gasteiger partial charge in [0.1, 0.15) is 12.0 Å². The van der Waals surface area contributed by atoms with E-state index in [1.165, 1.54) is 37.8 Å². The summed E-state index contributed by atoms with van der Waals surface area (Å²) in [7, 11) is 0. The van der Waals surface area contributed by atoms with Crippen LogP contribution in [0.5, 0.6) is 5.75 Å². The summed E-state index contributed by atoms with van der Waals surface area (Å²) in [6, 6.07) is 4.61. The zero-order valence-electron chi connectivity index (χ0n) is 14.0. The van der Waals surface area contributed by atoms with Crippen LogP contribution in [0.3, 0.4) is 0 Å². The average Bonchev–Trinajstić information content (AvgIpc) is 3.22. The van der Waals surface area contributed by atoms with Crippen molar-refractivity contribution in [2.45, 2.75) is 64.3 Å². The van der Waals surface area contributed by atoms with E-state index in [1.807, 2.05) is 0 Å². The van der Waals surface area contributed by atoms with Gasteiger partial charge in [0, 0.05) is 6.07 Å². The molecule has 4 nitrogen and oxygen atoms in total. The van der Waals surface area contributed by atoms with Crippen molar-refractivity contribution in [2.75, 3.05) is 10.6 Å². The van der Waals surface area contributed by atoms with E-state index in [0.717, 1.165) is 30.4 Å². The van der Waals surface area contributed by atoms with E-state index >= 15 is 0 Å². The van der Waals surface area contributed by atoms with Gasteiger partial charge >= 0.3 is 6.61 Å². The van der Waals surface area contributed by atoms with Crippen molar-refractivity contribution >= 4 is 11.4 Å². The van der Waals surface area contributed by atoms with Crippen molar-refractivity contribution in [2.24, 2.45) is 11.8 Å². The standard InChI is InChI=1S/C18H26F2N2O2/c1-11-9-12(11)5-3-2-4-6-15-17(23)22-16-10-13(24-18(19)20)7-8-14(16)21-15/h7-8,10-12,15,17-18,21-23H,2-6,9H2,1H3/t11?,12-,15?,17?/m1/s1. The Labute approximate surface area is 141 Å². The molecule has 1 aliphatic heterocycles. The van der Waals surface area contributed by atoms with E-state index in [2.05, 4.69) is 22.3 Å². The highest BCUT2D eigenvalue weighted by atomic mass is 19.3. The van der Waals surface area contributed by atoms with Crippen LogP contribution in [0.1, 0.15) is 45.4 Å². The van der Waals surface area contributed by atoms with Gasteiger partial charge in [0.25, 0.3) is 0 Å². The molecule has 1 aromatic carbocycles. The molecule has 0 amide bonds. The molecule has 1 fully saturated rings. The van der Waals surface area contributed by atoms with Gasteiger partial charge in [0.2, 0.25) is 0 Å². The molecule has 1 aliphatic carbocycles. The van der Waals surface area contributed by atoms with Crippen molar-refractivity contribution in [3.63, 3.8) is 0 Å². The molecule has 0 radical (unpaired) electrons. The summed E-state index contributed by atoms with van der Waals surface area (Å²) in [4.78, 5) is 0. The van der Waals surface area contributed by atoms with Crippen LogP contribution in [0.4, 0.5) is 20.2 Å². The Balaban J connectivity index is 1.45. The molecule has 0 bridgehead atoms. The van der Waals surface area contributed by atoms with Gasteiger partial charge in [-0.2, -0.15) is 8.78 Å². The third-order valence-electron chi connectivity index (χ3n) is 5.11. The number of ether oxygens (including phenoxy) is 1. The van der Waals surface area contributed by atoms with E-state index in [-0.39, 0.29) is 11.8 Å². The monoisotopic (exact) mass is 340 g/mol. The number of hydrogen-bond acceptors (Lipinski definition) is 4. The topological polar surface area (TPSA) is 53.5 Å². The molecule has 0 spiro atoms. The molecule has 1 saturated carbocycles. The molecule has 24 heavy (non-hydrogen) atoms. The summed E-state index contributed by atoms with van der Waals surface area (Å²) in [6.45, 7) is -0.538. The zero-order chi connectivity index (χ0) is 17.1. The second-order valence-corrected chi connectivity index (χ2v) is 7.04. The first-order chi connectivity index (χ1) is 11.5. The lowest BCUT2D eigenvalue weighted by Crippen LogP contribution is -2.42. The predicted octanol–water partition coefficient (Wildman–Crippen LogP) is 4.42. The second-order valence-electron chi connectivity index (χ2n) is 7.04. The minimum atomic E-state index is -2.85. The van der Waals surface area contributed by atoms with Crippen LogP contribution in [-0.2, 0) is 0 Å². The van der Waals surface area contributed by atoms with Crippen LogP contribution in [0.2, 0.25) is 0 Å². The van der Waals surface area contributed by atoms with E-state index in [0.29, 0.717) is 5.69 Å². The fourth-order valence-corrected chi connectivity index (χ4v) is 3.46. The Morgan fingerprint density at radius 1 is 1.17 bits per heavy atom. The fourth-order valence-electron chi connectivity index (χ4n) is 3.46. The highest BCUT2D eigenvalue weighted by Gasteiger charge is 2.31. The maximum absolute atomic E-state index is 12.3. The van der Waals surface area contributed by atoms with Crippen LogP contribution in [0, 0.1) is 11.8 Å². The van der Waals surface area contributed by atoms with Crippen LogP contribution in [0.25, 0.3) is 0 Å². The normalized spacial score (nSPS) is 28.0. The molecule has 0 saturated heterocycles. The molecule has 134 valence electrons. The Morgan fingerprint density at radius 3 is 2.62 bits per heavy atom. The van der Waals surface area contributed by atoms with Crippen molar-refractivity contribution < 1.29 is 18.6 Å². The third-order valence-corrected chi connectivity index (χ3v) is 5.11. The minimum Gasteiger partial charge on any atom is -0.435 e. The molecule has 1 aromatic rings. The largest absolute Gasteiger partial charge is 0.435 e. The number of halogens is 2. The van der Waals surface area contributed by atoms with E-state index < -0.39 is 12.8 Å². The van der Waals surface area contributed by atoms with Gasteiger partial charge in [-0.15, -0.1) is 0 Å². The predicted molar refractivity (Wildman–Crippen MR) is 90.5 cm³/mol. The Bertz CT molecular complexity index is 556. The summed E-state index contributed by atoms with van der Waals surface area (Å²) in [5, 5.41) is 16.5. The Kier molecular flexibility index (Phi) is 5.43. The van der Waals surface area contributed by atoms with Crippen molar-refractivity contribution in [1.29, 1.82) is 0 Å². The number of nitrogens with one attached hydrogen (secondary N) is 2. The lowest BCUT2D eigenvalue weighted by atomic mass is 10.0. The molecule has 3 N–H and O–H groups in total. The van der Waals surface area contributed by atoms with Crippen LogP contribution in [-0.4, -0.2) is 24.0 Å². The summed E-state index contributed by atoms with van der Waals surface area (Å²) in [5.41, 5.74) is 1.39. The van der Waals surface area contributed by atoms with Crippen molar-refractivity contribution in [3.8, 4) is 5.75 Å². The Morgan fingerprint density at radius 2 is 1.92 bits per heavy atom. The van der Waals surface area contributed by atoms with Crippen LogP contribution in [0.15, 0.2) is 18.2 Å². The summed E-state index contributed by atoms with van der Waals surface area (Å²) >= 11 is 0. The van der Waals surface area contributed by atoms with E-state index in [9.17, 15) is 13.9 Å². The quantitative estimate of drug-likeness (QED) is 0.613. The zero-order valence-corrected chi connectivity index (χ0v) is 14.0. The number of alkyl halides is 2. The number of benzene rings is 1. The fraction of sp³-hybridized carbons (Fsp3) is 0.667. The summed E-state index contributed by atoms with van der Waals surface area (Å²) in [6.07, 6.45) is 6.38. The van der Waals surface area contributed by atoms with Gasteiger partial charge in [-0.25, -0.2) is 0 Å². The van der Waals surface area contributed by atoms with Crippen molar-refractivity contribution in [3.05, 3.63) is 18.2 Å². The first kappa shape index (κ1) is 17.3. The first-order valence-corrected chi connectivity index (χ1v) is 8.83. The Hall–Kier alpha value is -1.56. The van der Waals surface area contributed by atoms with Gasteiger partial charge in [-0.1, -0.05) is 32.6 Å². The minimum absolute atomic E-state index is 0.0702. The maximum Gasteiger partial charge on any atom is 0.387 e.